The number of hydrogen-bond donors (Lipinski definition) is 1. The summed E-state index contributed by atoms with van der Waals surface area (Å²) in [6.45, 7) is -0.00684. The van der Waals surface area contributed by atoms with E-state index in [1.54, 1.807) is 0 Å². The minimum absolute atomic E-state index is 0.00684. The van der Waals surface area contributed by atoms with Crippen molar-refractivity contribution in [2.75, 3.05) is 18.5 Å². The number of likely N-dealkylation sites (N-methyl/N-ethyl adjacent to an activating group) is 1. The average Bonchev–Trinajstić information content (AvgIpc) is 2.47. The van der Waals surface area contributed by atoms with Crippen molar-refractivity contribution in [2.24, 2.45) is 0 Å². The molecule has 0 atom stereocenters. The van der Waals surface area contributed by atoms with E-state index in [-0.39, 0.29) is 18.2 Å². The van der Waals surface area contributed by atoms with Crippen LogP contribution in [0, 0.1) is 0 Å². The Bertz CT molecular complexity index is 415. The topological polar surface area (TPSA) is 73.7 Å². The number of anilines is 1. The Morgan fingerprint density at radius 3 is 2.60 bits per heavy atom. The van der Waals surface area contributed by atoms with Crippen molar-refractivity contribution in [1.29, 1.82) is 0 Å². The summed E-state index contributed by atoms with van der Waals surface area (Å²) >= 11 is 0. The molecule has 1 N–H and O–H groups in total. The van der Waals surface area contributed by atoms with E-state index in [9.17, 15) is 9.59 Å². The number of aromatic hydroxyl groups is 1. The number of carbonyl (C=O) groups is 2. The highest BCUT2D eigenvalue weighted by Crippen LogP contribution is 2.19. The van der Waals surface area contributed by atoms with Crippen LogP contribution in [0.25, 0.3) is 0 Å². The molecule has 0 unspecified atom stereocenters. The number of pyridine rings is 1. The number of carbonyl (C=O) groups excluding carboxylic acids is 2. The predicted octanol–water partition coefficient (Wildman–Crippen LogP) is 0.186. The van der Waals surface area contributed by atoms with Crippen molar-refractivity contribution >= 4 is 17.8 Å². The number of hydrogen-bond acceptors (Lipinski definition) is 4. The molecule has 1 fully saturated rings. The highest BCUT2D eigenvalue weighted by atomic mass is 16.3. The third-order valence-corrected chi connectivity index (χ3v) is 2.19. The first-order valence-corrected chi connectivity index (χ1v) is 4.32. The van der Waals surface area contributed by atoms with Gasteiger partial charge in [0.15, 0.2) is 0 Å². The van der Waals surface area contributed by atoms with Crippen LogP contribution >= 0.6 is 0 Å². The van der Waals surface area contributed by atoms with Gasteiger partial charge in [0.05, 0.1) is 6.20 Å². The van der Waals surface area contributed by atoms with Crippen LogP contribution in [0.4, 0.5) is 10.6 Å². The highest BCUT2D eigenvalue weighted by molar-refractivity contribution is 6.11. The number of amides is 3. The van der Waals surface area contributed by atoms with Gasteiger partial charge in [-0.2, -0.15) is 0 Å². The van der Waals surface area contributed by atoms with Crippen LogP contribution in [0.1, 0.15) is 0 Å². The second kappa shape index (κ2) is 3.23. The van der Waals surface area contributed by atoms with Gasteiger partial charge in [0, 0.05) is 7.05 Å². The van der Waals surface area contributed by atoms with Gasteiger partial charge in [0.25, 0.3) is 5.91 Å². The number of rotatable bonds is 1. The highest BCUT2D eigenvalue weighted by Gasteiger charge is 2.34. The van der Waals surface area contributed by atoms with Gasteiger partial charge in [-0.1, -0.05) is 0 Å². The fourth-order valence-electron chi connectivity index (χ4n) is 1.31. The zero-order chi connectivity index (χ0) is 11.0. The number of urea groups is 1. The molecule has 0 radical (unpaired) electrons. The standard InChI is InChI=1S/C9H9N3O3/c1-11-8(14)5-12(9(11)15)7-3-2-6(13)4-10-7/h2-4,13H,5H2,1H3. The van der Waals surface area contributed by atoms with Crippen molar-refractivity contribution in [1.82, 2.24) is 9.88 Å². The van der Waals surface area contributed by atoms with E-state index in [1.807, 2.05) is 0 Å². The maximum atomic E-state index is 11.5. The van der Waals surface area contributed by atoms with Gasteiger partial charge in [-0.15, -0.1) is 0 Å². The van der Waals surface area contributed by atoms with E-state index in [1.165, 1.54) is 30.3 Å². The Hall–Kier alpha value is -2.11. The minimum Gasteiger partial charge on any atom is -0.506 e. The molecule has 78 valence electrons. The van der Waals surface area contributed by atoms with Gasteiger partial charge in [0.2, 0.25) is 0 Å². The van der Waals surface area contributed by atoms with Crippen molar-refractivity contribution in [2.45, 2.75) is 0 Å². The minimum atomic E-state index is -0.404. The molecular formula is C9H9N3O3. The molecule has 3 amide bonds. The summed E-state index contributed by atoms with van der Waals surface area (Å²) in [5, 5.41) is 9.03. The molecule has 2 heterocycles. The van der Waals surface area contributed by atoms with E-state index in [4.69, 9.17) is 5.11 Å². The van der Waals surface area contributed by atoms with Crippen LogP contribution in [-0.4, -0.2) is 40.5 Å². The molecule has 1 aromatic rings. The number of imide groups is 1. The molecule has 1 aromatic heterocycles. The lowest BCUT2D eigenvalue weighted by atomic mass is 10.4. The number of nitrogens with zero attached hydrogens (tertiary/aromatic N) is 3. The van der Waals surface area contributed by atoms with Crippen LogP contribution in [0.15, 0.2) is 18.3 Å². The van der Waals surface area contributed by atoms with Crippen molar-refractivity contribution < 1.29 is 14.7 Å². The molecule has 6 heteroatoms. The van der Waals surface area contributed by atoms with E-state index < -0.39 is 6.03 Å². The van der Waals surface area contributed by atoms with Gasteiger partial charge in [-0.3, -0.25) is 14.6 Å². The second-order valence-corrected chi connectivity index (χ2v) is 3.20. The lowest BCUT2D eigenvalue weighted by molar-refractivity contribution is -0.123. The molecule has 1 aliphatic heterocycles. The summed E-state index contributed by atoms with van der Waals surface area (Å²) in [4.78, 5) is 28.9. The lowest BCUT2D eigenvalue weighted by Gasteiger charge is -2.12. The summed E-state index contributed by atoms with van der Waals surface area (Å²) in [5.74, 6) is 0.107. The van der Waals surface area contributed by atoms with Gasteiger partial charge in [-0.25, -0.2) is 9.78 Å². The SMILES string of the molecule is CN1C(=O)CN(c2ccc(O)cn2)C1=O. The van der Waals surface area contributed by atoms with Crippen molar-refractivity contribution in [3.05, 3.63) is 18.3 Å². The predicted molar refractivity (Wildman–Crippen MR) is 51.4 cm³/mol. The van der Waals surface area contributed by atoms with Gasteiger partial charge in [-0.05, 0) is 12.1 Å². The molecule has 1 saturated heterocycles. The summed E-state index contributed by atoms with van der Waals surface area (Å²) in [5.41, 5.74) is 0. The quantitative estimate of drug-likeness (QED) is 0.667. The first kappa shape index (κ1) is 9.45. The third kappa shape index (κ3) is 1.50. The average molecular weight is 207 g/mol. The van der Waals surface area contributed by atoms with Crippen LogP contribution in [0.2, 0.25) is 0 Å². The van der Waals surface area contributed by atoms with E-state index in [0.717, 1.165) is 4.90 Å². The van der Waals surface area contributed by atoms with Crippen LogP contribution in [0.5, 0.6) is 5.75 Å². The summed E-state index contributed by atoms with van der Waals surface area (Å²) in [6.07, 6.45) is 1.23. The van der Waals surface area contributed by atoms with Crippen molar-refractivity contribution in [3.8, 4) is 5.75 Å². The van der Waals surface area contributed by atoms with Gasteiger partial charge >= 0.3 is 6.03 Å². The summed E-state index contributed by atoms with van der Waals surface area (Å²) < 4.78 is 0. The van der Waals surface area contributed by atoms with Crippen molar-refractivity contribution in [3.63, 3.8) is 0 Å². The summed E-state index contributed by atoms with van der Waals surface area (Å²) in [6, 6.07) is 2.50. The Morgan fingerprint density at radius 1 is 1.40 bits per heavy atom. The molecular weight excluding hydrogens is 198 g/mol. The van der Waals surface area contributed by atoms with Crippen LogP contribution in [-0.2, 0) is 4.79 Å². The zero-order valence-electron chi connectivity index (χ0n) is 8.04. The molecule has 0 saturated carbocycles. The largest absolute Gasteiger partial charge is 0.506 e. The van der Waals surface area contributed by atoms with Crippen LogP contribution in [0.3, 0.4) is 0 Å². The fraction of sp³-hybridized carbons (Fsp3) is 0.222. The van der Waals surface area contributed by atoms with Gasteiger partial charge < -0.3 is 5.11 Å². The summed E-state index contributed by atoms with van der Waals surface area (Å²) in [7, 11) is 1.42. The normalized spacial score (nSPS) is 16.3. The third-order valence-electron chi connectivity index (χ3n) is 2.19. The fourth-order valence-corrected chi connectivity index (χ4v) is 1.31. The maximum absolute atomic E-state index is 11.5. The Balaban J connectivity index is 2.29. The molecule has 0 aliphatic carbocycles. The number of aromatic nitrogens is 1. The van der Waals surface area contributed by atoms with E-state index in [2.05, 4.69) is 4.98 Å². The monoisotopic (exact) mass is 207 g/mol. The first-order chi connectivity index (χ1) is 7.09. The Labute approximate surface area is 85.7 Å². The Kier molecular flexibility index (Phi) is 2.03. The second-order valence-electron chi connectivity index (χ2n) is 3.20. The molecule has 0 bridgehead atoms. The smallest absolute Gasteiger partial charge is 0.332 e. The molecule has 1 aliphatic rings. The van der Waals surface area contributed by atoms with E-state index >= 15 is 0 Å². The molecule has 2 rings (SSSR count). The molecule has 0 aromatic carbocycles. The van der Waals surface area contributed by atoms with E-state index in [0.29, 0.717) is 5.82 Å². The Morgan fingerprint density at radius 2 is 2.13 bits per heavy atom. The molecule has 6 nitrogen and oxygen atoms in total. The lowest BCUT2D eigenvalue weighted by Crippen LogP contribution is -2.30. The molecule has 15 heavy (non-hydrogen) atoms. The van der Waals surface area contributed by atoms with Gasteiger partial charge in [0.1, 0.15) is 18.1 Å². The zero-order valence-corrected chi connectivity index (χ0v) is 8.04. The first-order valence-electron chi connectivity index (χ1n) is 4.32. The maximum Gasteiger partial charge on any atom is 0.332 e. The van der Waals surface area contributed by atoms with Crippen LogP contribution < -0.4 is 4.90 Å². The molecule has 0 spiro atoms.